The fourth-order valence-corrected chi connectivity index (χ4v) is 1.67. The predicted octanol–water partition coefficient (Wildman–Crippen LogP) is 3.89. The van der Waals surface area contributed by atoms with Gasteiger partial charge in [-0.05, 0) is 28.1 Å². The molecule has 13 heavy (non-hydrogen) atoms. The van der Waals surface area contributed by atoms with Crippen molar-refractivity contribution in [1.29, 1.82) is 0 Å². The van der Waals surface area contributed by atoms with E-state index in [1.807, 2.05) is 0 Å². The Morgan fingerprint density at radius 3 is 2.54 bits per heavy atom. The lowest BCUT2D eigenvalue weighted by molar-refractivity contribution is 0.101. The number of halogens is 4. The van der Waals surface area contributed by atoms with Gasteiger partial charge in [0, 0.05) is 0 Å². The van der Waals surface area contributed by atoms with Crippen molar-refractivity contribution in [2.45, 2.75) is 3.74 Å². The lowest BCUT2D eigenvalue weighted by Gasteiger charge is -2.03. The molecule has 0 aliphatic carbocycles. The van der Waals surface area contributed by atoms with Crippen LogP contribution in [0.4, 0.5) is 4.39 Å². The number of ketones is 1. The topological polar surface area (TPSA) is 17.1 Å². The third kappa shape index (κ3) is 2.60. The van der Waals surface area contributed by atoms with Gasteiger partial charge in [-0.25, -0.2) is 4.39 Å². The first-order valence-electron chi connectivity index (χ1n) is 3.30. The Hall–Kier alpha value is 0.260. The van der Waals surface area contributed by atoms with Crippen LogP contribution < -0.4 is 0 Å². The molecule has 0 amide bonds. The average molecular weight is 375 g/mol. The summed E-state index contributed by atoms with van der Waals surface area (Å²) in [7, 11) is 0. The highest BCUT2D eigenvalue weighted by Gasteiger charge is 2.18. The van der Waals surface area contributed by atoms with Gasteiger partial charge < -0.3 is 0 Å². The molecule has 0 aromatic heterocycles. The first-order chi connectivity index (χ1) is 6.04. The van der Waals surface area contributed by atoms with Crippen LogP contribution in [0.3, 0.4) is 0 Å². The first kappa shape index (κ1) is 11.3. The van der Waals surface area contributed by atoms with Crippen molar-refractivity contribution in [2.24, 2.45) is 0 Å². The van der Waals surface area contributed by atoms with Gasteiger partial charge in [-0.15, -0.1) is 0 Å². The monoisotopic (exact) mass is 372 g/mol. The third-order valence-electron chi connectivity index (χ3n) is 1.42. The zero-order valence-electron chi connectivity index (χ0n) is 6.23. The van der Waals surface area contributed by atoms with Gasteiger partial charge >= 0.3 is 0 Å². The molecule has 0 bridgehead atoms. The molecule has 5 heteroatoms. The van der Waals surface area contributed by atoms with E-state index in [4.69, 9.17) is 0 Å². The molecule has 0 aliphatic heterocycles. The van der Waals surface area contributed by atoms with Gasteiger partial charge in [0.1, 0.15) is 9.55 Å². The Balaban J connectivity index is 3.15. The second-order valence-electron chi connectivity index (χ2n) is 2.27. The number of alkyl halides is 2. The highest BCUT2D eigenvalue weighted by Crippen LogP contribution is 2.23. The molecule has 0 N–H and O–H groups in total. The summed E-state index contributed by atoms with van der Waals surface area (Å²) in [6.07, 6.45) is 0. The van der Waals surface area contributed by atoms with Gasteiger partial charge in [0.15, 0.2) is 5.78 Å². The van der Waals surface area contributed by atoms with E-state index < -0.39 is 9.55 Å². The Kier molecular flexibility index (Phi) is 4.06. The average Bonchev–Trinajstić information content (AvgIpc) is 2.08. The van der Waals surface area contributed by atoms with Crippen LogP contribution in [0.5, 0.6) is 0 Å². The largest absolute Gasteiger partial charge is 0.292 e. The van der Waals surface area contributed by atoms with Crippen LogP contribution in [0.1, 0.15) is 10.4 Å². The van der Waals surface area contributed by atoms with Crippen molar-refractivity contribution in [3.05, 3.63) is 34.1 Å². The van der Waals surface area contributed by atoms with Crippen molar-refractivity contribution >= 4 is 53.6 Å². The number of benzene rings is 1. The smallest absolute Gasteiger partial charge is 0.190 e. The summed E-state index contributed by atoms with van der Waals surface area (Å²) in [6.45, 7) is 0. The molecule has 70 valence electrons. The second-order valence-corrected chi connectivity index (χ2v) is 6.18. The maximum Gasteiger partial charge on any atom is 0.190 e. The lowest BCUT2D eigenvalue weighted by atomic mass is 10.1. The van der Waals surface area contributed by atoms with Crippen molar-refractivity contribution in [3.63, 3.8) is 0 Å². The molecule has 1 aromatic rings. The Bertz CT molecular complexity index is 338. The van der Waals surface area contributed by atoms with Crippen LogP contribution in [0.25, 0.3) is 0 Å². The molecule has 0 unspecified atom stereocenters. The van der Waals surface area contributed by atoms with Crippen molar-refractivity contribution in [1.82, 2.24) is 0 Å². The number of rotatable bonds is 2. The van der Waals surface area contributed by atoms with E-state index in [9.17, 15) is 9.18 Å². The first-order valence-corrected chi connectivity index (χ1v) is 5.93. The van der Waals surface area contributed by atoms with Gasteiger partial charge in [0.25, 0.3) is 0 Å². The summed E-state index contributed by atoms with van der Waals surface area (Å²) < 4.78 is 13.0. The van der Waals surface area contributed by atoms with Crippen LogP contribution >= 0.6 is 47.8 Å². The molecular weight excluding hydrogens is 371 g/mol. The zero-order chi connectivity index (χ0) is 10.0. The molecule has 0 aliphatic rings. The van der Waals surface area contributed by atoms with Gasteiger partial charge in [0.2, 0.25) is 0 Å². The van der Waals surface area contributed by atoms with Crippen LogP contribution in [-0.2, 0) is 0 Å². The molecule has 0 fully saturated rings. The quantitative estimate of drug-likeness (QED) is 0.567. The fraction of sp³-hybridized carbons (Fsp3) is 0.125. The number of carbonyl (C=O) groups is 1. The number of hydrogen-bond donors (Lipinski definition) is 0. The highest BCUT2D eigenvalue weighted by atomic mass is 79.9. The third-order valence-corrected chi connectivity index (χ3v) is 2.86. The molecule has 1 nitrogen and oxygen atoms in total. The SMILES string of the molecule is O=C(c1cccc(Br)c1F)C(Br)Br. The second kappa shape index (κ2) is 4.66. The van der Waals surface area contributed by atoms with Gasteiger partial charge in [0.05, 0.1) is 10.0 Å². The number of carbonyl (C=O) groups excluding carboxylic acids is 1. The zero-order valence-corrected chi connectivity index (χ0v) is 11.0. The Labute approximate surface area is 100 Å². The van der Waals surface area contributed by atoms with E-state index in [2.05, 4.69) is 47.8 Å². The van der Waals surface area contributed by atoms with Crippen LogP contribution in [-0.4, -0.2) is 9.52 Å². The Morgan fingerprint density at radius 2 is 2.00 bits per heavy atom. The summed E-state index contributed by atoms with van der Waals surface area (Å²) in [5.41, 5.74) is 0.0631. The minimum absolute atomic E-state index is 0.0631. The summed E-state index contributed by atoms with van der Waals surface area (Å²) >= 11 is 9.05. The summed E-state index contributed by atoms with van der Waals surface area (Å²) in [5, 5.41) is 0. The van der Waals surface area contributed by atoms with Crippen LogP contribution in [0, 0.1) is 5.82 Å². The highest BCUT2D eigenvalue weighted by molar-refractivity contribution is 9.25. The van der Waals surface area contributed by atoms with E-state index >= 15 is 0 Å². The van der Waals surface area contributed by atoms with Crippen LogP contribution in [0.2, 0.25) is 0 Å². The standard InChI is InChI=1S/C8H4Br3FO/c9-5-3-1-2-4(6(5)12)7(13)8(10)11/h1-3,8H. The number of Topliss-reactive ketones (excluding diaryl/α,β-unsaturated/α-hetero) is 1. The minimum Gasteiger partial charge on any atom is -0.292 e. The summed E-state index contributed by atoms with van der Waals surface area (Å²) in [5.74, 6) is -0.866. The molecule has 0 radical (unpaired) electrons. The lowest BCUT2D eigenvalue weighted by Crippen LogP contribution is -2.09. The molecule has 0 spiro atoms. The van der Waals surface area contributed by atoms with Crippen molar-refractivity contribution < 1.29 is 9.18 Å². The summed E-state index contributed by atoms with van der Waals surface area (Å²) in [4.78, 5) is 11.4. The molecule has 1 aromatic carbocycles. The molecular formula is C8H4Br3FO. The van der Waals surface area contributed by atoms with Crippen molar-refractivity contribution in [2.75, 3.05) is 0 Å². The van der Waals surface area contributed by atoms with Crippen molar-refractivity contribution in [3.8, 4) is 0 Å². The van der Waals surface area contributed by atoms with Gasteiger partial charge in [-0.2, -0.15) is 0 Å². The Morgan fingerprint density at radius 1 is 1.38 bits per heavy atom. The number of hydrogen-bond acceptors (Lipinski definition) is 1. The van der Waals surface area contributed by atoms with Crippen LogP contribution in [0.15, 0.2) is 22.7 Å². The van der Waals surface area contributed by atoms with E-state index in [0.717, 1.165) is 0 Å². The molecule has 0 heterocycles. The van der Waals surface area contributed by atoms with Gasteiger partial charge in [-0.1, -0.05) is 37.9 Å². The van der Waals surface area contributed by atoms with E-state index in [-0.39, 0.29) is 11.3 Å². The molecule has 0 saturated carbocycles. The predicted molar refractivity (Wildman–Crippen MR) is 60.1 cm³/mol. The summed E-state index contributed by atoms with van der Waals surface area (Å²) in [6, 6.07) is 4.60. The minimum atomic E-state index is -0.552. The molecule has 1 rings (SSSR count). The van der Waals surface area contributed by atoms with Gasteiger partial charge in [-0.3, -0.25) is 4.79 Å². The van der Waals surface area contributed by atoms with E-state index in [1.54, 1.807) is 12.1 Å². The maximum absolute atomic E-state index is 13.3. The maximum atomic E-state index is 13.3. The van der Waals surface area contributed by atoms with E-state index in [1.165, 1.54) is 6.07 Å². The molecule has 0 atom stereocenters. The normalized spacial score (nSPS) is 10.5. The van der Waals surface area contributed by atoms with E-state index in [0.29, 0.717) is 4.47 Å². The molecule has 0 saturated heterocycles. The fourth-order valence-electron chi connectivity index (χ4n) is 0.812.